The molecule has 1 amide bonds. The number of amides is 1. The fourth-order valence-corrected chi connectivity index (χ4v) is 3.45. The number of halogens is 2. The molecule has 0 bridgehead atoms. The number of benzene rings is 2. The van der Waals surface area contributed by atoms with E-state index in [1.54, 1.807) is 29.9 Å². The summed E-state index contributed by atoms with van der Waals surface area (Å²) in [5, 5.41) is 7.65. The number of ether oxygens (including phenoxy) is 1. The van der Waals surface area contributed by atoms with Crippen molar-refractivity contribution in [2.45, 2.75) is 31.9 Å². The van der Waals surface area contributed by atoms with Crippen molar-refractivity contribution < 1.29 is 18.3 Å². The second-order valence-electron chi connectivity index (χ2n) is 7.72. The Hall–Kier alpha value is -3.26. The number of hydrogen-bond acceptors (Lipinski definition) is 4. The minimum absolute atomic E-state index is 0.102. The average Bonchev–Trinajstić information content (AvgIpc) is 3.49. The van der Waals surface area contributed by atoms with Crippen molar-refractivity contribution in [1.29, 1.82) is 0 Å². The zero-order valence-electron chi connectivity index (χ0n) is 17.2. The molecule has 0 atom stereocenters. The Morgan fingerprint density at radius 1 is 1.19 bits per heavy atom. The zero-order chi connectivity index (χ0) is 21.8. The third-order valence-electron chi connectivity index (χ3n) is 4.98. The monoisotopic (exact) mass is 426 g/mol. The van der Waals surface area contributed by atoms with E-state index < -0.39 is 6.61 Å². The van der Waals surface area contributed by atoms with Crippen LogP contribution in [-0.2, 0) is 11.3 Å². The molecule has 0 spiro atoms. The van der Waals surface area contributed by atoms with Crippen LogP contribution in [0.15, 0.2) is 60.7 Å². The quantitative estimate of drug-likeness (QED) is 0.550. The molecule has 0 radical (unpaired) electrons. The molecule has 1 aliphatic carbocycles. The molecule has 8 heteroatoms. The number of carbonyl (C=O) groups excluding carboxylic acids is 1. The molecule has 6 nitrogen and oxygen atoms in total. The van der Waals surface area contributed by atoms with E-state index in [1.807, 2.05) is 41.3 Å². The van der Waals surface area contributed by atoms with Crippen LogP contribution in [0.25, 0.3) is 5.69 Å². The van der Waals surface area contributed by atoms with E-state index in [-0.39, 0.29) is 18.2 Å². The van der Waals surface area contributed by atoms with Crippen LogP contribution in [0.3, 0.4) is 0 Å². The number of likely N-dealkylation sites (N-methyl/N-ethyl adjacent to an activating group) is 1. The maximum atomic E-state index is 12.7. The minimum atomic E-state index is -2.87. The smallest absolute Gasteiger partial charge is 0.387 e. The van der Waals surface area contributed by atoms with Crippen molar-refractivity contribution >= 4 is 11.7 Å². The standard InChI is InChI=1S/C23H24F2N4O2/c1-28(14-16-6-5-9-19(12-16)31-23(24)25)15-22(30)26-21-13-20(17-10-11-17)27-29(21)18-7-3-2-4-8-18/h2-9,12-13,17,23H,10-11,14-15H2,1H3,(H,26,30). The molecule has 1 aliphatic rings. The summed E-state index contributed by atoms with van der Waals surface area (Å²) in [7, 11) is 1.80. The number of nitrogens with one attached hydrogen (secondary N) is 1. The Morgan fingerprint density at radius 2 is 1.97 bits per heavy atom. The topological polar surface area (TPSA) is 59.4 Å². The number of anilines is 1. The first-order valence-corrected chi connectivity index (χ1v) is 10.2. The van der Waals surface area contributed by atoms with Crippen LogP contribution in [0.5, 0.6) is 5.75 Å². The summed E-state index contributed by atoms with van der Waals surface area (Å²) >= 11 is 0. The van der Waals surface area contributed by atoms with Gasteiger partial charge >= 0.3 is 6.61 Å². The number of nitrogens with zero attached hydrogens (tertiary/aromatic N) is 3. The van der Waals surface area contributed by atoms with Crippen molar-refractivity contribution in [3.05, 3.63) is 71.9 Å². The molecule has 162 valence electrons. The molecule has 0 aliphatic heterocycles. The van der Waals surface area contributed by atoms with E-state index in [0.717, 1.165) is 29.8 Å². The summed E-state index contributed by atoms with van der Waals surface area (Å²) in [6.45, 7) is -2.31. The molecular formula is C23H24F2N4O2. The lowest BCUT2D eigenvalue weighted by atomic mass is 10.2. The van der Waals surface area contributed by atoms with Gasteiger partial charge in [0, 0.05) is 18.5 Å². The molecule has 0 unspecified atom stereocenters. The molecule has 2 aromatic carbocycles. The number of alkyl halides is 2. The summed E-state index contributed by atoms with van der Waals surface area (Å²) in [5.41, 5.74) is 2.65. The Balaban J connectivity index is 1.41. The fourth-order valence-electron chi connectivity index (χ4n) is 3.45. The molecule has 1 fully saturated rings. The van der Waals surface area contributed by atoms with Gasteiger partial charge in [-0.2, -0.15) is 13.9 Å². The van der Waals surface area contributed by atoms with Crippen molar-refractivity contribution in [2.75, 3.05) is 18.9 Å². The number of carbonyl (C=O) groups is 1. The van der Waals surface area contributed by atoms with E-state index in [0.29, 0.717) is 18.3 Å². The highest BCUT2D eigenvalue weighted by Crippen LogP contribution is 2.40. The van der Waals surface area contributed by atoms with E-state index in [1.165, 1.54) is 6.07 Å². The van der Waals surface area contributed by atoms with E-state index >= 15 is 0 Å². The van der Waals surface area contributed by atoms with Gasteiger partial charge in [-0.15, -0.1) is 0 Å². The van der Waals surface area contributed by atoms with Crippen molar-refractivity contribution in [2.24, 2.45) is 0 Å². The van der Waals surface area contributed by atoms with Crippen LogP contribution in [0.1, 0.15) is 30.0 Å². The molecule has 1 N–H and O–H groups in total. The van der Waals surface area contributed by atoms with Crippen LogP contribution in [0.2, 0.25) is 0 Å². The molecule has 31 heavy (non-hydrogen) atoms. The average molecular weight is 426 g/mol. The summed E-state index contributed by atoms with van der Waals surface area (Å²) in [6.07, 6.45) is 2.24. The van der Waals surface area contributed by atoms with E-state index in [9.17, 15) is 13.6 Å². The molecular weight excluding hydrogens is 402 g/mol. The highest BCUT2D eigenvalue weighted by Gasteiger charge is 2.28. The molecule has 0 saturated heterocycles. The van der Waals surface area contributed by atoms with Gasteiger partial charge in [0.15, 0.2) is 0 Å². The number of hydrogen-bond donors (Lipinski definition) is 1. The number of para-hydroxylation sites is 1. The maximum Gasteiger partial charge on any atom is 0.387 e. The van der Waals surface area contributed by atoms with Crippen LogP contribution < -0.4 is 10.1 Å². The van der Waals surface area contributed by atoms with Crippen molar-refractivity contribution in [3.8, 4) is 11.4 Å². The van der Waals surface area contributed by atoms with E-state index in [2.05, 4.69) is 15.2 Å². The molecule has 4 rings (SSSR count). The van der Waals surface area contributed by atoms with Gasteiger partial charge in [0.2, 0.25) is 5.91 Å². The summed E-state index contributed by atoms with van der Waals surface area (Å²) in [6, 6.07) is 18.1. The highest BCUT2D eigenvalue weighted by molar-refractivity contribution is 5.91. The van der Waals surface area contributed by atoms with Gasteiger partial charge < -0.3 is 10.1 Å². The van der Waals surface area contributed by atoms with Gasteiger partial charge in [-0.05, 0) is 49.7 Å². The molecule has 1 saturated carbocycles. The van der Waals surface area contributed by atoms with Gasteiger partial charge in [0.25, 0.3) is 0 Å². The summed E-state index contributed by atoms with van der Waals surface area (Å²) < 4.78 is 31.0. The first-order chi connectivity index (χ1) is 15.0. The zero-order valence-corrected chi connectivity index (χ0v) is 17.2. The maximum absolute atomic E-state index is 12.7. The van der Waals surface area contributed by atoms with Gasteiger partial charge in [-0.25, -0.2) is 4.68 Å². The second-order valence-corrected chi connectivity index (χ2v) is 7.72. The largest absolute Gasteiger partial charge is 0.435 e. The van der Waals surface area contributed by atoms with Gasteiger partial charge in [0.1, 0.15) is 11.6 Å². The number of rotatable bonds is 9. The SMILES string of the molecule is CN(CC(=O)Nc1cc(C2CC2)nn1-c1ccccc1)Cc1cccc(OC(F)F)c1. The Morgan fingerprint density at radius 3 is 2.68 bits per heavy atom. The van der Waals surface area contributed by atoms with Crippen LogP contribution in [0.4, 0.5) is 14.6 Å². The number of aromatic nitrogens is 2. The molecule has 1 aromatic heterocycles. The minimum Gasteiger partial charge on any atom is -0.435 e. The Bertz CT molecular complexity index is 1040. The third-order valence-corrected chi connectivity index (χ3v) is 4.98. The Labute approximate surface area is 179 Å². The van der Waals surface area contributed by atoms with Crippen LogP contribution >= 0.6 is 0 Å². The second kappa shape index (κ2) is 9.26. The first kappa shape index (κ1) is 21.0. The van der Waals surface area contributed by atoms with Crippen molar-refractivity contribution in [3.63, 3.8) is 0 Å². The lowest BCUT2D eigenvalue weighted by Crippen LogP contribution is -2.30. The summed E-state index contributed by atoms with van der Waals surface area (Å²) in [4.78, 5) is 14.5. The van der Waals surface area contributed by atoms with Crippen LogP contribution in [-0.4, -0.2) is 40.8 Å². The van der Waals surface area contributed by atoms with Gasteiger partial charge in [-0.1, -0.05) is 30.3 Å². The predicted molar refractivity (Wildman–Crippen MR) is 114 cm³/mol. The fraction of sp³-hybridized carbons (Fsp3) is 0.304. The van der Waals surface area contributed by atoms with E-state index in [4.69, 9.17) is 0 Å². The lowest BCUT2D eigenvalue weighted by molar-refractivity contribution is -0.117. The van der Waals surface area contributed by atoms with Gasteiger partial charge in [-0.3, -0.25) is 9.69 Å². The van der Waals surface area contributed by atoms with Crippen molar-refractivity contribution in [1.82, 2.24) is 14.7 Å². The third kappa shape index (κ3) is 5.67. The normalized spacial score (nSPS) is 13.6. The Kier molecular flexibility index (Phi) is 6.27. The van der Waals surface area contributed by atoms with Gasteiger partial charge in [0.05, 0.1) is 17.9 Å². The lowest BCUT2D eigenvalue weighted by Gasteiger charge is -2.17. The first-order valence-electron chi connectivity index (χ1n) is 10.2. The molecule has 3 aromatic rings. The predicted octanol–water partition coefficient (Wildman–Crippen LogP) is 4.42. The van der Waals surface area contributed by atoms with Crippen LogP contribution in [0, 0.1) is 0 Å². The summed E-state index contributed by atoms with van der Waals surface area (Å²) in [5.74, 6) is 1.02. The highest BCUT2D eigenvalue weighted by atomic mass is 19.3. The molecule has 1 heterocycles.